The Balaban J connectivity index is -0.0000000787. The number of hydrogen-bond acceptors (Lipinski definition) is 2. The summed E-state index contributed by atoms with van der Waals surface area (Å²) in [6.07, 6.45) is 0. The van der Waals surface area contributed by atoms with Gasteiger partial charge in [0.25, 0.3) is 0 Å². The zero-order chi connectivity index (χ0) is 9.15. The van der Waals surface area contributed by atoms with E-state index in [1.54, 1.807) is 6.92 Å². The Bertz CT molecular complexity index is 29.1. The van der Waals surface area contributed by atoms with Crippen molar-refractivity contribution in [2.24, 2.45) is 11.7 Å². The minimum atomic E-state index is -0.250. The second kappa shape index (κ2) is 16.2. The fourth-order valence-electron chi connectivity index (χ4n) is 0. The van der Waals surface area contributed by atoms with Crippen molar-refractivity contribution in [3.63, 3.8) is 0 Å². The first-order valence-corrected chi connectivity index (χ1v) is 4.14. The van der Waals surface area contributed by atoms with E-state index in [1.165, 1.54) is 7.05 Å². The van der Waals surface area contributed by atoms with Crippen molar-refractivity contribution in [3.05, 3.63) is 0 Å². The first kappa shape index (κ1) is 16.7. The molecule has 2 nitrogen and oxygen atoms in total. The largest absolute Gasteiger partial charge is 0.389 e. The highest BCUT2D eigenvalue weighted by Gasteiger charge is 1.69. The summed E-state index contributed by atoms with van der Waals surface area (Å²) in [7, 11) is 3.71. The van der Waals surface area contributed by atoms with Crippen LogP contribution in [0.5, 0.6) is 0 Å². The van der Waals surface area contributed by atoms with Crippen molar-refractivity contribution in [1.29, 1.82) is 0 Å². The molecule has 0 aliphatic carbocycles. The maximum atomic E-state index is 8.02. The molecule has 10 heavy (non-hydrogen) atoms. The summed E-state index contributed by atoms with van der Waals surface area (Å²) in [5.74, 6) is 0.583. The van der Waals surface area contributed by atoms with Gasteiger partial charge in [-0.05, 0) is 19.9 Å². The maximum absolute atomic E-state index is 8.02. The van der Waals surface area contributed by atoms with E-state index >= 15 is 0 Å². The molecule has 0 saturated carbocycles. The Kier molecular flexibility index (Phi) is 27.1. The molecular weight excluding hydrogens is 145 g/mol. The van der Waals surface area contributed by atoms with Crippen molar-refractivity contribution < 1.29 is 5.11 Å². The zero-order valence-electron chi connectivity index (χ0n) is 7.76. The van der Waals surface area contributed by atoms with Gasteiger partial charge in [-0.3, -0.25) is 0 Å². The van der Waals surface area contributed by atoms with Crippen LogP contribution in [0.3, 0.4) is 0 Å². The van der Waals surface area contributed by atoms with Crippen LogP contribution >= 0.6 is 9.24 Å². The van der Waals surface area contributed by atoms with E-state index in [-0.39, 0.29) is 5.85 Å². The van der Waals surface area contributed by atoms with E-state index in [0.717, 1.165) is 5.92 Å². The lowest BCUT2D eigenvalue weighted by molar-refractivity contribution is 0.283. The van der Waals surface area contributed by atoms with E-state index in [9.17, 15) is 0 Å². The van der Waals surface area contributed by atoms with Crippen LogP contribution in [0.1, 0.15) is 27.7 Å². The van der Waals surface area contributed by atoms with Gasteiger partial charge in [0, 0.05) is 0 Å². The number of aliphatic hydroxyl groups is 1. The second-order valence-corrected chi connectivity index (χ2v) is 3.44. The number of aliphatic hydroxyl groups excluding tert-OH is 1. The van der Waals surface area contributed by atoms with Gasteiger partial charge in [-0.25, -0.2) is 0 Å². The summed E-state index contributed by atoms with van der Waals surface area (Å²) in [6.45, 7) is 8.19. The van der Waals surface area contributed by atoms with Gasteiger partial charge in [-0.2, -0.15) is 0 Å². The lowest BCUT2D eigenvalue weighted by Crippen LogP contribution is -1.78. The summed E-state index contributed by atoms with van der Waals surface area (Å²) in [5.41, 5.74) is 4.50. The normalized spacial score (nSPS) is 10.5. The van der Waals surface area contributed by atoms with Gasteiger partial charge in [0.1, 0.15) is 0 Å². The molecule has 0 rings (SSSR count). The van der Waals surface area contributed by atoms with Crippen molar-refractivity contribution >= 4 is 9.24 Å². The molecule has 0 amide bonds. The van der Waals surface area contributed by atoms with Crippen LogP contribution in [0.25, 0.3) is 0 Å². The summed E-state index contributed by atoms with van der Waals surface area (Å²) >= 11 is 0. The molecule has 3 N–H and O–H groups in total. The molecule has 0 saturated heterocycles. The third-order valence-corrected chi connectivity index (χ3v) is 0. The van der Waals surface area contributed by atoms with Gasteiger partial charge in [0.15, 0.2) is 0 Å². The van der Waals surface area contributed by atoms with Crippen LogP contribution in [0, 0.1) is 5.92 Å². The quantitative estimate of drug-likeness (QED) is 0.536. The van der Waals surface area contributed by atoms with Crippen LogP contribution in [0.15, 0.2) is 0 Å². The molecule has 0 heterocycles. The fourth-order valence-corrected chi connectivity index (χ4v) is 0. The number of rotatable bonds is 0. The predicted molar refractivity (Wildman–Crippen MR) is 52.0 cm³/mol. The Morgan fingerprint density at radius 1 is 1.10 bits per heavy atom. The first-order valence-electron chi connectivity index (χ1n) is 3.48. The van der Waals surface area contributed by atoms with Crippen molar-refractivity contribution in [2.45, 2.75) is 33.5 Å². The Morgan fingerprint density at radius 2 is 1.10 bits per heavy atom. The molecule has 2 atom stereocenters. The SMILES string of the molecule is CC(C)C.CC(O)P.CN. The summed E-state index contributed by atoms with van der Waals surface area (Å²) in [5, 5.41) is 8.02. The van der Waals surface area contributed by atoms with Crippen LogP contribution in [0.4, 0.5) is 0 Å². The highest BCUT2D eigenvalue weighted by molar-refractivity contribution is 7.17. The molecule has 0 bridgehead atoms. The fraction of sp³-hybridized carbons (Fsp3) is 1.00. The van der Waals surface area contributed by atoms with Gasteiger partial charge in [-0.15, -0.1) is 9.24 Å². The third kappa shape index (κ3) is 3680. The van der Waals surface area contributed by atoms with E-state index < -0.39 is 0 Å². The number of nitrogens with two attached hydrogens (primary N) is 1. The average molecular weight is 167 g/mol. The van der Waals surface area contributed by atoms with Gasteiger partial charge < -0.3 is 10.8 Å². The highest BCUT2D eigenvalue weighted by atomic mass is 31.0. The standard InChI is InChI=1S/C4H10.C2H7OP.CH5N/c1-4(2)3;1-2(3)4;1-2/h4H,1-3H3;2-3H,4H2,1H3;2H2,1H3. The third-order valence-electron chi connectivity index (χ3n) is 0. The monoisotopic (exact) mass is 167 g/mol. The van der Waals surface area contributed by atoms with Crippen molar-refractivity contribution in [1.82, 2.24) is 0 Å². The molecule has 0 aromatic carbocycles. The van der Waals surface area contributed by atoms with Crippen molar-refractivity contribution in [3.8, 4) is 0 Å². The molecule has 0 aromatic rings. The molecule has 2 unspecified atom stereocenters. The smallest absolute Gasteiger partial charge is 0.0645 e. The van der Waals surface area contributed by atoms with Crippen LogP contribution in [-0.4, -0.2) is 18.0 Å². The highest BCUT2D eigenvalue weighted by Crippen LogP contribution is 1.86. The summed E-state index contributed by atoms with van der Waals surface area (Å²) < 4.78 is 0. The Labute approximate surface area is 67.4 Å². The van der Waals surface area contributed by atoms with E-state index in [2.05, 4.69) is 35.7 Å². The molecule has 0 fully saturated rings. The second-order valence-electron chi connectivity index (χ2n) is 2.47. The lowest BCUT2D eigenvalue weighted by Gasteiger charge is -1.80. The molecule has 3 heteroatoms. The summed E-state index contributed by atoms with van der Waals surface area (Å²) in [4.78, 5) is 0. The molecule has 0 aromatic heterocycles. The van der Waals surface area contributed by atoms with Gasteiger partial charge in [0.2, 0.25) is 0 Å². The van der Waals surface area contributed by atoms with Crippen LogP contribution in [0.2, 0.25) is 0 Å². The van der Waals surface area contributed by atoms with E-state index in [4.69, 9.17) is 5.11 Å². The first-order chi connectivity index (χ1) is 4.46. The topological polar surface area (TPSA) is 46.2 Å². The average Bonchev–Trinajstić information content (AvgIpc) is 1.66. The van der Waals surface area contributed by atoms with E-state index in [1.807, 2.05) is 0 Å². The van der Waals surface area contributed by atoms with Crippen molar-refractivity contribution in [2.75, 3.05) is 7.05 Å². The van der Waals surface area contributed by atoms with Crippen LogP contribution in [-0.2, 0) is 0 Å². The molecule has 66 valence electrons. The van der Waals surface area contributed by atoms with E-state index in [0.29, 0.717) is 0 Å². The molecule has 0 radical (unpaired) electrons. The van der Waals surface area contributed by atoms with Gasteiger partial charge in [-0.1, -0.05) is 20.8 Å². The molecule has 0 spiro atoms. The minimum Gasteiger partial charge on any atom is -0.389 e. The predicted octanol–water partition coefficient (Wildman–Crippen LogP) is 1.44. The molecule has 0 aliphatic rings. The Hall–Kier alpha value is 0.350. The molecular formula is C7H22NOP. The van der Waals surface area contributed by atoms with Crippen LogP contribution < -0.4 is 5.73 Å². The lowest BCUT2D eigenvalue weighted by atomic mass is 10.3. The zero-order valence-corrected chi connectivity index (χ0v) is 8.91. The summed E-state index contributed by atoms with van der Waals surface area (Å²) in [6, 6.07) is 0. The minimum absolute atomic E-state index is 0.250. The maximum Gasteiger partial charge on any atom is 0.0645 e. The molecule has 0 aliphatic heterocycles. The number of hydrogen-bond donors (Lipinski definition) is 2. The van der Waals surface area contributed by atoms with Gasteiger partial charge >= 0.3 is 0 Å². The Morgan fingerprint density at radius 3 is 1.10 bits per heavy atom. The van der Waals surface area contributed by atoms with Gasteiger partial charge in [0.05, 0.1) is 5.85 Å².